The molecule has 0 spiro atoms. The second-order valence-electron chi connectivity index (χ2n) is 2.62. The topological polar surface area (TPSA) is 89.7 Å². The van der Waals surface area contributed by atoms with E-state index >= 15 is 0 Å². The second-order valence-corrected chi connectivity index (χ2v) is 2.62. The highest BCUT2D eigenvalue weighted by Gasteiger charge is 2.19. The molecule has 0 N–H and O–H groups in total. The van der Waals surface area contributed by atoms with Gasteiger partial charge in [-0.25, -0.2) is 28.8 Å². The van der Waals surface area contributed by atoms with Crippen LogP contribution in [0.15, 0.2) is 28.5 Å². The highest BCUT2D eigenvalue weighted by molar-refractivity contribution is 5.90. The predicted molar refractivity (Wildman–Crippen MR) is 58.3 cm³/mol. The minimum absolute atomic E-state index is 0.340. The van der Waals surface area contributed by atoms with E-state index in [2.05, 4.69) is 4.85 Å². The molecule has 0 aliphatic carbocycles. The van der Waals surface area contributed by atoms with Crippen LogP contribution in [0.2, 0.25) is 0 Å². The van der Waals surface area contributed by atoms with E-state index in [4.69, 9.17) is 6.57 Å². The fraction of sp³-hybridized carbons (Fsp3) is 0.0833. The maximum atomic E-state index is 10.7. The molecule has 0 amide bonds. The van der Waals surface area contributed by atoms with E-state index in [9.17, 15) is 24.0 Å². The van der Waals surface area contributed by atoms with Crippen LogP contribution >= 0.6 is 0 Å². The average Bonchev–Trinajstić information content (AvgIpc) is 2.41. The van der Waals surface area contributed by atoms with Crippen molar-refractivity contribution < 1.29 is 24.0 Å². The summed E-state index contributed by atoms with van der Waals surface area (Å²) in [7, 11) is 0. The van der Waals surface area contributed by atoms with Gasteiger partial charge in [0.1, 0.15) is 29.7 Å². The van der Waals surface area contributed by atoms with Crippen LogP contribution < -0.4 is 0 Å². The van der Waals surface area contributed by atoms with Crippen molar-refractivity contribution in [1.29, 1.82) is 0 Å². The third-order valence-electron chi connectivity index (χ3n) is 1.71. The van der Waals surface area contributed by atoms with Gasteiger partial charge in [-0.2, -0.15) is 0 Å². The van der Waals surface area contributed by atoms with E-state index in [1.54, 1.807) is 0 Å². The molecule has 6 heteroatoms. The van der Waals surface area contributed by atoms with Gasteiger partial charge >= 0.3 is 0 Å². The van der Waals surface area contributed by atoms with Crippen molar-refractivity contribution >= 4 is 29.7 Å². The summed E-state index contributed by atoms with van der Waals surface area (Å²) in [5, 5.41) is 0. The normalized spacial score (nSPS) is 7.06. The first kappa shape index (κ1) is 14.7. The van der Waals surface area contributed by atoms with Gasteiger partial charge in [0.15, 0.2) is 0 Å². The molecule has 0 atom stereocenters. The maximum absolute atomic E-state index is 10.7. The fourth-order valence-corrected chi connectivity index (χ4v) is 0.950. The van der Waals surface area contributed by atoms with Gasteiger partial charge in [0, 0.05) is 12.5 Å². The fourth-order valence-electron chi connectivity index (χ4n) is 0.950. The molecule has 0 aliphatic rings. The molecule has 0 aromatic rings. The lowest BCUT2D eigenvalue weighted by Crippen LogP contribution is -1.99. The first-order valence-corrected chi connectivity index (χ1v) is 4.27. The Morgan fingerprint density at radius 3 is 1.89 bits per heavy atom. The molecular weight excluding hydrogens is 238 g/mol. The summed E-state index contributed by atoms with van der Waals surface area (Å²) in [6.07, 6.45) is 0.523. The first-order chi connectivity index (χ1) is 8.69. The molecule has 18 heavy (non-hydrogen) atoms. The Bertz CT molecular complexity index is 647. The number of hydrogen-bond donors (Lipinski definition) is 0. The second kappa shape index (κ2) is 7.96. The van der Waals surface area contributed by atoms with E-state index in [-0.39, 0.29) is 6.42 Å². The zero-order valence-corrected chi connectivity index (χ0v) is 8.77. The summed E-state index contributed by atoms with van der Waals surface area (Å²) < 4.78 is 0. The molecular formula is C12H3NO5. The van der Waals surface area contributed by atoms with Crippen molar-refractivity contribution in [3.63, 3.8) is 0 Å². The van der Waals surface area contributed by atoms with Crippen LogP contribution in [-0.2, 0) is 24.0 Å². The Balaban J connectivity index is 5.91. The van der Waals surface area contributed by atoms with Crippen LogP contribution in [0.5, 0.6) is 0 Å². The van der Waals surface area contributed by atoms with Gasteiger partial charge in [0.05, 0.1) is 23.3 Å². The minimum Gasteiger partial charge on any atom is -0.247 e. The van der Waals surface area contributed by atoms with Crippen LogP contribution in [0, 0.1) is 6.57 Å². The summed E-state index contributed by atoms with van der Waals surface area (Å²) in [6, 6.07) is 0. The number of allylic oxidation sites excluding steroid dienone is 3. The molecule has 0 rings (SSSR count). The van der Waals surface area contributed by atoms with Gasteiger partial charge in [0.25, 0.3) is 5.70 Å². The lowest BCUT2D eigenvalue weighted by Gasteiger charge is -2.00. The van der Waals surface area contributed by atoms with Crippen molar-refractivity contribution in [3.05, 3.63) is 39.9 Å². The van der Waals surface area contributed by atoms with Crippen molar-refractivity contribution in [3.8, 4) is 0 Å². The molecule has 6 nitrogen and oxygen atoms in total. The quantitative estimate of drug-likeness (QED) is 0.373. The summed E-state index contributed by atoms with van der Waals surface area (Å²) >= 11 is 0. The number of nitrogens with zero attached hydrogens (tertiary/aromatic N) is 1. The summed E-state index contributed by atoms with van der Waals surface area (Å²) in [5.41, 5.74) is -2.62. The Hall–Kier alpha value is -3.26. The molecule has 0 saturated heterocycles. The molecule has 0 unspecified atom stereocenters. The van der Waals surface area contributed by atoms with Crippen LogP contribution in [-0.4, -0.2) is 29.7 Å². The van der Waals surface area contributed by atoms with Gasteiger partial charge in [0.2, 0.25) is 0 Å². The average molecular weight is 241 g/mol. The monoisotopic (exact) mass is 241 g/mol. The predicted octanol–water partition coefficient (Wildman–Crippen LogP) is -0.327. The molecule has 0 saturated carbocycles. The standard InChI is InChI=1S/C12H3NO5/c1-13-12(8-18)11(7-17)10(6-16)9(5-15)3-2-4-14/h2H,3H2. The summed E-state index contributed by atoms with van der Waals surface area (Å²) in [5.74, 6) is 6.23. The summed E-state index contributed by atoms with van der Waals surface area (Å²) in [6.45, 7) is 6.60. The molecule has 0 heterocycles. The van der Waals surface area contributed by atoms with E-state index in [1.807, 2.05) is 0 Å². The van der Waals surface area contributed by atoms with Crippen LogP contribution in [0.25, 0.3) is 4.85 Å². The Morgan fingerprint density at radius 1 is 0.944 bits per heavy atom. The third kappa shape index (κ3) is 3.40. The van der Waals surface area contributed by atoms with E-state index in [0.29, 0.717) is 0 Å². The molecule has 0 aliphatic heterocycles. The van der Waals surface area contributed by atoms with E-state index in [0.717, 1.165) is 12.0 Å². The lowest BCUT2D eigenvalue weighted by atomic mass is 9.97. The van der Waals surface area contributed by atoms with Crippen molar-refractivity contribution in [2.24, 2.45) is 0 Å². The molecule has 0 fully saturated rings. The third-order valence-corrected chi connectivity index (χ3v) is 1.71. The molecule has 0 bridgehead atoms. The van der Waals surface area contributed by atoms with Gasteiger partial charge in [-0.05, 0) is 0 Å². The molecule has 0 aromatic heterocycles. The first-order valence-electron chi connectivity index (χ1n) is 4.27. The Labute approximate surface area is 101 Å². The van der Waals surface area contributed by atoms with Gasteiger partial charge in [-0.15, -0.1) is 0 Å². The Morgan fingerprint density at radius 2 is 1.56 bits per heavy atom. The van der Waals surface area contributed by atoms with Gasteiger partial charge in [-0.3, -0.25) is 0 Å². The zero-order chi connectivity index (χ0) is 14.0. The smallest absolute Gasteiger partial charge is 0.247 e. The Kier molecular flexibility index (Phi) is 6.52. The largest absolute Gasteiger partial charge is 0.287 e. The molecule has 86 valence electrons. The number of carbonyl (C=O) groups excluding carboxylic acids is 5. The zero-order valence-electron chi connectivity index (χ0n) is 8.77. The van der Waals surface area contributed by atoms with Gasteiger partial charge < -0.3 is 0 Å². The van der Waals surface area contributed by atoms with Crippen LogP contribution in [0.4, 0.5) is 0 Å². The highest BCUT2D eigenvalue weighted by atomic mass is 16.1. The highest BCUT2D eigenvalue weighted by Crippen LogP contribution is 2.21. The van der Waals surface area contributed by atoms with Gasteiger partial charge in [-0.1, -0.05) is 0 Å². The maximum Gasteiger partial charge on any atom is 0.287 e. The number of rotatable bonds is 5. The van der Waals surface area contributed by atoms with Crippen molar-refractivity contribution in [2.45, 2.75) is 6.42 Å². The molecule has 0 aromatic carbocycles. The SMILES string of the molecule is [C-]#[N+]C(=C=O)C(=C=O)C(=C=O)C(=C=O)CC=C=O. The molecule has 0 radical (unpaired) electrons. The van der Waals surface area contributed by atoms with E-state index < -0.39 is 22.4 Å². The van der Waals surface area contributed by atoms with Crippen molar-refractivity contribution in [2.75, 3.05) is 0 Å². The van der Waals surface area contributed by atoms with E-state index in [1.165, 1.54) is 23.8 Å². The van der Waals surface area contributed by atoms with Crippen LogP contribution in [0.3, 0.4) is 0 Å². The summed E-state index contributed by atoms with van der Waals surface area (Å²) in [4.78, 5) is 54.9. The lowest BCUT2D eigenvalue weighted by molar-refractivity contribution is 0.561. The van der Waals surface area contributed by atoms with Crippen LogP contribution in [0.1, 0.15) is 6.42 Å². The van der Waals surface area contributed by atoms with Crippen molar-refractivity contribution in [1.82, 2.24) is 0 Å². The number of hydrogen-bond acceptors (Lipinski definition) is 5. The minimum atomic E-state index is -0.814.